The van der Waals surface area contributed by atoms with E-state index >= 15 is 0 Å². The maximum Gasteiger partial charge on any atom is 0.235 e. The molecule has 56 valence electrons. The minimum atomic E-state index is -3.36. The van der Waals surface area contributed by atoms with Crippen LogP contribution in [0.3, 0.4) is 0 Å². The van der Waals surface area contributed by atoms with Crippen LogP contribution in [0.1, 0.15) is 13.8 Å². The van der Waals surface area contributed by atoms with Gasteiger partial charge in [-0.1, -0.05) is 4.47 Å². The number of hydrogen-bond donors (Lipinski definition) is 1. The predicted molar refractivity (Wildman–Crippen MR) is 33.6 cm³/mol. The first-order valence-corrected chi connectivity index (χ1v) is 4.34. The fourth-order valence-corrected chi connectivity index (χ4v) is 1.04. The highest BCUT2D eigenvalue weighted by molar-refractivity contribution is 7.88. The lowest BCUT2D eigenvalue weighted by molar-refractivity contribution is 0.00880. The van der Waals surface area contributed by atoms with E-state index in [9.17, 15) is 8.42 Å². The van der Waals surface area contributed by atoms with Crippen molar-refractivity contribution in [2.24, 2.45) is 0 Å². The molecule has 4 nitrogen and oxygen atoms in total. The first kappa shape index (κ1) is 8.87. The Morgan fingerprint density at radius 2 is 1.89 bits per heavy atom. The minimum absolute atomic E-state index is 0.0582. The van der Waals surface area contributed by atoms with E-state index in [0.717, 1.165) is 0 Å². The van der Waals surface area contributed by atoms with E-state index < -0.39 is 10.0 Å². The molecule has 0 rings (SSSR count). The molecule has 1 N–H and O–H groups in total. The zero-order valence-corrected chi connectivity index (χ0v) is 6.35. The summed E-state index contributed by atoms with van der Waals surface area (Å²) in [6.07, 6.45) is 0. The largest absolute Gasteiger partial charge is 0.299 e. The van der Waals surface area contributed by atoms with Gasteiger partial charge in [0.25, 0.3) is 0 Å². The monoisotopic (exact) mass is 153 g/mol. The topological polar surface area (TPSA) is 57.6 Å². The van der Waals surface area contributed by atoms with Gasteiger partial charge in [0.05, 0.1) is 5.75 Å². The summed E-state index contributed by atoms with van der Waals surface area (Å²) in [6, 6.07) is 0. The van der Waals surface area contributed by atoms with Gasteiger partial charge in [-0.05, 0) is 13.8 Å². The van der Waals surface area contributed by atoms with Gasteiger partial charge in [-0.25, -0.2) is 8.42 Å². The molecule has 0 saturated heterocycles. The van der Waals surface area contributed by atoms with Crippen LogP contribution in [-0.2, 0) is 10.0 Å². The Labute approximate surface area is 55.1 Å². The summed E-state index contributed by atoms with van der Waals surface area (Å²) in [5.74, 6) is -0.0582. The smallest absolute Gasteiger partial charge is 0.235 e. The van der Waals surface area contributed by atoms with E-state index in [1.807, 2.05) is 0 Å². The predicted octanol–water partition coefficient (Wildman–Crippen LogP) is 0.0472. The van der Waals surface area contributed by atoms with Crippen molar-refractivity contribution < 1.29 is 13.6 Å². The summed E-state index contributed by atoms with van der Waals surface area (Å²) in [5.41, 5.74) is 0. The maximum absolute atomic E-state index is 10.6. The molecule has 0 aliphatic carbocycles. The Hall–Kier alpha value is -0.130. The molecule has 0 heterocycles. The van der Waals surface area contributed by atoms with Gasteiger partial charge in [-0.15, -0.1) is 0 Å². The second-order valence-electron chi connectivity index (χ2n) is 1.54. The van der Waals surface area contributed by atoms with Crippen molar-refractivity contribution in [1.29, 1.82) is 0 Å². The summed E-state index contributed by atoms with van der Waals surface area (Å²) in [4.78, 5) is 0. The highest BCUT2D eigenvalue weighted by Gasteiger charge is 2.13. The molecule has 0 aromatic carbocycles. The van der Waals surface area contributed by atoms with Crippen molar-refractivity contribution in [2.75, 3.05) is 12.3 Å². The van der Waals surface area contributed by atoms with Crippen molar-refractivity contribution in [1.82, 2.24) is 4.47 Å². The van der Waals surface area contributed by atoms with E-state index in [2.05, 4.69) is 0 Å². The van der Waals surface area contributed by atoms with E-state index in [1.54, 1.807) is 6.92 Å². The molecule has 0 saturated carbocycles. The molecule has 0 aliphatic heterocycles. The van der Waals surface area contributed by atoms with Crippen molar-refractivity contribution in [3.8, 4) is 0 Å². The minimum Gasteiger partial charge on any atom is -0.299 e. The molecule has 0 unspecified atom stereocenters. The van der Waals surface area contributed by atoms with Crippen LogP contribution in [0.25, 0.3) is 0 Å². The van der Waals surface area contributed by atoms with Crippen molar-refractivity contribution >= 4 is 10.0 Å². The third-order valence-electron chi connectivity index (χ3n) is 0.956. The first-order chi connectivity index (χ1) is 4.04. The van der Waals surface area contributed by atoms with Crippen LogP contribution in [0.5, 0.6) is 0 Å². The molecule has 0 spiro atoms. The summed E-state index contributed by atoms with van der Waals surface area (Å²) >= 11 is 0. The number of sulfonamides is 1. The summed E-state index contributed by atoms with van der Waals surface area (Å²) in [5, 5.41) is 8.63. The second-order valence-corrected chi connectivity index (χ2v) is 3.70. The summed E-state index contributed by atoms with van der Waals surface area (Å²) in [7, 11) is -3.36. The van der Waals surface area contributed by atoms with Gasteiger partial charge in [-0.3, -0.25) is 5.21 Å². The standard InChI is InChI=1S/C4H11NO3S/c1-3-5(6)9(7,8)4-2/h6H,3-4H2,1-2H3. The second kappa shape index (κ2) is 3.14. The molecule has 5 heteroatoms. The molecule has 0 amide bonds. The fourth-order valence-electron chi connectivity index (χ4n) is 0.346. The number of hydrogen-bond acceptors (Lipinski definition) is 3. The first-order valence-electron chi connectivity index (χ1n) is 2.74. The van der Waals surface area contributed by atoms with Crippen LogP contribution < -0.4 is 0 Å². The van der Waals surface area contributed by atoms with Gasteiger partial charge in [0.2, 0.25) is 10.0 Å². The molecule has 0 aromatic heterocycles. The molecule has 0 aliphatic rings. The Balaban J connectivity index is 4.17. The number of hydroxylamine groups is 1. The van der Waals surface area contributed by atoms with Gasteiger partial charge < -0.3 is 0 Å². The van der Waals surface area contributed by atoms with Crippen LogP contribution in [0.2, 0.25) is 0 Å². The van der Waals surface area contributed by atoms with Crippen molar-refractivity contribution in [3.63, 3.8) is 0 Å². The Morgan fingerprint density at radius 1 is 1.44 bits per heavy atom. The average molecular weight is 153 g/mol. The molecular weight excluding hydrogens is 142 g/mol. The highest BCUT2D eigenvalue weighted by Crippen LogP contribution is 1.94. The van der Waals surface area contributed by atoms with E-state index in [0.29, 0.717) is 4.47 Å². The third-order valence-corrected chi connectivity index (χ3v) is 2.59. The Kier molecular flexibility index (Phi) is 3.10. The van der Waals surface area contributed by atoms with Crippen LogP contribution in [0.4, 0.5) is 0 Å². The Morgan fingerprint density at radius 3 is 2.00 bits per heavy atom. The molecule has 0 radical (unpaired) electrons. The van der Waals surface area contributed by atoms with E-state index in [-0.39, 0.29) is 12.3 Å². The van der Waals surface area contributed by atoms with Gasteiger partial charge in [0, 0.05) is 6.54 Å². The lowest BCUT2D eigenvalue weighted by atomic mass is 10.8. The molecule has 0 aromatic rings. The molecular formula is C4H11NO3S. The summed E-state index contributed by atoms with van der Waals surface area (Å²) < 4.78 is 21.6. The summed E-state index contributed by atoms with van der Waals surface area (Å²) in [6.45, 7) is 3.15. The van der Waals surface area contributed by atoms with Crippen molar-refractivity contribution in [2.45, 2.75) is 13.8 Å². The van der Waals surface area contributed by atoms with E-state index in [4.69, 9.17) is 5.21 Å². The fraction of sp³-hybridized carbons (Fsp3) is 1.00. The normalized spacial score (nSPS) is 12.4. The van der Waals surface area contributed by atoms with Gasteiger partial charge in [0.15, 0.2) is 0 Å². The lowest BCUT2D eigenvalue weighted by Gasteiger charge is -2.09. The number of rotatable bonds is 3. The van der Waals surface area contributed by atoms with Crippen molar-refractivity contribution in [3.05, 3.63) is 0 Å². The zero-order chi connectivity index (χ0) is 7.49. The SMILES string of the molecule is CCN(O)S(=O)(=O)CC. The average Bonchev–Trinajstić information content (AvgIpc) is 1.86. The van der Waals surface area contributed by atoms with Crippen LogP contribution in [0, 0.1) is 0 Å². The molecule has 0 atom stereocenters. The van der Waals surface area contributed by atoms with Crippen LogP contribution in [-0.4, -0.2) is 30.4 Å². The van der Waals surface area contributed by atoms with Gasteiger partial charge in [0.1, 0.15) is 0 Å². The molecule has 0 fully saturated rings. The maximum atomic E-state index is 10.6. The quantitative estimate of drug-likeness (QED) is 0.583. The lowest BCUT2D eigenvalue weighted by Crippen LogP contribution is -2.28. The zero-order valence-electron chi connectivity index (χ0n) is 5.53. The number of nitrogens with zero attached hydrogens (tertiary/aromatic N) is 1. The molecule has 0 bridgehead atoms. The third kappa shape index (κ3) is 2.30. The van der Waals surface area contributed by atoms with Gasteiger partial charge >= 0.3 is 0 Å². The van der Waals surface area contributed by atoms with Crippen LogP contribution >= 0.6 is 0 Å². The Bertz CT molecular complexity index is 163. The van der Waals surface area contributed by atoms with Crippen LogP contribution in [0.15, 0.2) is 0 Å². The highest BCUT2D eigenvalue weighted by atomic mass is 32.2. The van der Waals surface area contributed by atoms with E-state index in [1.165, 1.54) is 6.92 Å². The molecule has 9 heavy (non-hydrogen) atoms. The van der Waals surface area contributed by atoms with Gasteiger partial charge in [-0.2, -0.15) is 0 Å².